The van der Waals surface area contributed by atoms with Crippen molar-refractivity contribution in [3.05, 3.63) is 58.6 Å². The molecule has 0 aliphatic rings. The maximum atomic E-state index is 12.0. The van der Waals surface area contributed by atoms with Gasteiger partial charge in [-0.3, -0.25) is 4.79 Å². The van der Waals surface area contributed by atoms with Crippen molar-refractivity contribution in [3.63, 3.8) is 0 Å². The summed E-state index contributed by atoms with van der Waals surface area (Å²) in [6.07, 6.45) is 0.315. The van der Waals surface area contributed by atoms with Gasteiger partial charge in [-0.25, -0.2) is 0 Å². The van der Waals surface area contributed by atoms with Gasteiger partial charge in [-0.05, 0) is 42.3 Å². The standard InChI is InChI=1S/C16H16ClNO2/c1-11-3-6-13(17)10-15(11)18-16(19)9-12-4-7-14(20-2)8-5-12/h3-8,10H,9H2,1-2H3,(H,18,19). The Balaban J connectivity index is 2.03. The third-order valence-electron chi connectivity index (χ3n) is 3.00. The number of hydrogen-bond acceptors (Lipinski definition) is 2. The molecule has 0 atom stereocenters. The fourth-order valence-corrected chi connectivity index (χ4v) is 2.02. The van der Waals surface area contributed by atoms with Crippen molar-refractivity contribution in [1.82, 2.24) is 0 Å². The molecule has 0 bridgehead atoms. The van der Waals surface area contributed by atoms with Gasteiger partial charge in [0.1, 0.15) is 5.75 Å². The number of anilines is 1. The molecule has 2 aromatic carbocycles. The van der Waals surface area contributed by atoms with Crippen LogP contribution in [0.1, 0.15) is 11.1 Å². The Kier molecular flexibility index (Phi) is 4.64. The van der Waals surface area contributed by atoms with Crippen molar-refractivity contribution in [2.45, 2.75) is 13.3 Å². The first-order chi connectivity index (χ1) is 9.58. The van der Waals surface area contributed by atoms with Gasteiger partial charge in [-0.15, -0.1) is 0 Å². The van der Waals surface area contributed by atoms with Crippen molar-refractivity contribution >= 4 is 23.2 Å². The van der Waals surface area contributed by atoms with Gasteiger partial charge in [0.15, 0.2) is 0 Å². The highest BCUT2D eigenvalue weighted by atomic mass is 35.5. The van der Waals surface area contributed by atoms with Crippen LogP contribution in [0, 0.1) is 6.92 Å². The zero-order chi connectivity index (χ0) is 14.5. The minimum Gasteiger partial charge on any atom is -0.497 e. The van der Waals surface area contributed by atoms with E-state index in [9.17, 15) is 4.79 Å². The second-order valence-electron chi connectivity index (χ2n) is 4.53. The maximum absolute atomic E-state index is 12.0. The number of rotatable bonds is 4. The van der Waals surface area contributed by atoms with E-state index in [4.69, 9.17) is 16.3 Å². The van der Waals surface area contributed by atoms with Crippen LogP contribution in [0.15, 0.2) is 42.5 Å². The van der Waals surface area contributed by atoms with E-state index in [1.165, 1.54) is 0 Å². The number of carbonyl (C=O) groups excluding carboxylic acids is 1. The van der Waals surface area contributed by atoms with Crippen molar-refractivity contribution in [2.75, 3.05) is 12.4 Å². The highest BCUT2D eigenvalue weighted by Crippen LogP contribution is 2.20. The van der Waals surface area contributed by atoms with Gasteiger partial charge >= 0.3 is 0 Å². The largest absolute Gasteiger partial charge is 0.497 e. The molecule has 2 aromatic rings. The molecule has 0 aliphatic carbocycles. The summed E-state index contributed by atoms with van der Waals surface area (Å²) >= 11 is 5.93. The molecule has 0 heterocycles. The van der Waals surface area contributed by atoms with Crippen LogP contribution in [0.5, 0.6) is 5.75 Å². The summed E-state index contributed by atoms with van der Waals surface area (Å²) in [6, 6.07) is 12.9. The van der Waals surface area contributed by atoms with Crippen LogP contribution in [0.3, 0.4) is 0 Å². The van der Waals surface area contributed by atoms with E-state index in [0.29, 0.717) is 11.4 Å². The zero-order valence-electron chi connectivity index (χ0n) is 11.4. The molecule has 0 saturated heterocycles. The minimum atomic E-state index is -0.0690. The molecule has 20 heavy (non-hydrogen) atoms. The third kappa shape index (κ3) is 3.75. The highest BCUT2D eigenvalue weighted by Gasteiger charge is 2.07. The summed E-state index contributed by atoms with van der Waals surface area (Å²) in [5.41, 5.74) is 2.66. The Hall–Kier alpha value is -2.00. The van der Waals surface area contributed by atoms with E-state index in [0.717, 1.165) is 22.6 Å². The van der Waals surface area contributed by atoms with Gasteiger partial charge in [-0.1, -0.05) is 29.8 Å². The number of nitrogens with one attached hydrogen (secondary N) is 1. The Morgan fingerprint density at radius 3 is 2.55 bits per heavy atom. The van der Waals surface area contributed by atoms with Gasteiger partial charge in [0, 0.05) is 10.7 Å². The fraction of sp³-hybridized carbons (Fsp3) is 0.188. The van der Waals surface area contributed by atoms with Crippen molar-refractivity contribution in [1.29, 1.82) is 0 Å². The topological polar surface area (TPSA) is 38.3 Å². The molecule has 1 N–H and O–H groups in total. The average molecular weight is 290 g/mol. The summed E-state index contributed by atoms with van der Waals surface area (Å²) in [5.74, 6) is 0.709. The fourth-order valence-electron chi connectivity index (χ4n) is 1.85. The van der Waals surface area contributed by atoms with Gasteiger partial charge in [-0.2, -0.15) is 0 Å². The van der Waals surface area contributed by atoms with E-state index in [-0.39, 0.29) is 5.91 Å². The normalized spacial score (nSPS) is 10.2. The molecule has 0 spiro atoms. The lowest BCUT2D eigenvalue weighted by Crippen LogP contribution is -2.15. The molecule has 0 saturated carbocycles. The summed E-state index contributed by atoms with van der Waals surface area (Å²) in [7, 11) is 1.61. The number of hydrogen-bond donors (Lipinski definition) is 1. The molecule has 1 amide bonds. The lowest BCUT2D eigenvalue weighted by atomic mass is 10.1. The lowest BCUT2D eigenvalue weighted by Gasteiger charge is -2.09. The Morgan fingerprint density at radius 1 is 1.20 bits per heavy atom. The number of halogens is 1. The van der Waals surface area contributed by atoms with Crippen molar-refractivity contribution < 1.29 is 9.53 Å². The monoisotopic (exact) mass is 289 g/mol. The van der Waals surface area contributed by atoms with E-state index in [1.807, 2.05) is 37.3 Å². The predicted molar refractivity (Wildman–Crippen MR) is 81.5 cm³/mol. The highest BCUT2D eigenvalue weighted by molar-refractivity contribution is 6.31. The SMILES string of the molecule is COc1ccc(CC(=O)Nc2cc(Cl)ccc2C)cc1. The first kappa shape index (κ1) is 14.4. The van der Waals surface area contributed by atoms with E-state index in [2.05, 4.69) is 5.32 Å². The number of aryl methyl sites for hydroxylation is 1. The molecular formula is C16H16ClNO2. The summed E-state index contributed by atoms with van der Waals surface area (Å²) in [6.45, 7) is 1.93. The first-order valence-electron chi connectivity index (χ1n) is 6.27. The van der Waals surface area contributed by atoms with Crippen LogP contribution >= 0.6 is 11.6 Å². The molecule has 0 aliphatic heterocycles. The average Bonchev–Trinajstić information content (AvgIpc) is 2.43. The number of methoxy groups -OCH3 is 1. The molecular weight excluding hydrogens is 274 g/mol. The molecule has 0 aromatic heterocycles. The van der Waals surface area contributed by atoms with Gasteiger partial charge in [0.2, 0.25) is 5.91 Å². The van der Waals surface area contributed by atoms with Crippen LogP contribution < -0.4 is 10.1 Å². The van der Waals surface area contributed by atoms with Crippen molar-refractivity contribution in [3.8, 4) is 5.75 Å². The quantitative estimate of drug-likeness (QED) is 0.929. The number of benzene rings is 2. The number of carbonyl (C=O) groups is 1. The van der Waals surface area contributed by atoms with E-state index < -0.39 is 0 Å². The summed E-state index contributed by atoms with van der Waals surface area (Å²) < 4.78 is 5.08. The van der Waals surface area contributed by atoms with Crippen LogP contribution in [0.25, 0.3) is 0 Å². The minimum absolute atomic E-state index is 0.0690. The maximum Gasteiger partial charge on any atom is 0.228 e. The Bertz CT molecular complexity index is 608. The molecule has 4 heteroatoms. The van der Waals surface area contributed by atoms with Gasteiger partial charge in [0.25, 0.3) is 0 Å². The van der Waals surface area contributed by atoms with E-state index in [1.54, 1.807) is 19.2 Å². The van der Waals surface area contributed by atoms with Gasteiger partial charge < -0.3 is 10.1 Å². The molecule has 104 valence electrons. The molecule has 3 nitrogen and oxygen atoms in total. The van der Waals surface area contributed by atoms with Gasteiger partial charge in [0.05, 0.1) is 13.5 Å². The zero-order valence-corrected chi connectivity index (χ0v) is 12.2. The molecule has 0 radical (unpaired) electrons. The Labute approximate surface area is 123 Å². The lowest BCUT2D eigenvalue weighted by molar-refractivity contribution is -0.115. The second kappa shape index (κ2) is 6.44. The third-order valence-corrected chi connectivity index (χ3v) is 3.23. The number of amides is 1. The molecule has 0 fully saturated rings. The van der Waals surface area contributed by atoms with Crippen LogP contribution in [-0.4, -0.2) is 13.0 Å². The van der Waals surface area contributed by atoms with Crippen LogP contribution in [0.4, 0.5) is 5.69 Å². The van der Waals surface area contributed by atoms with E-state index >= 15 is 0 Å². The predicted octanol–water partition coefficient (Wildman–Crippen LogP) is 3.84. The van der Waals surface area contributed by atoms with Crippen LogP contribution in [0.2, 0.25) is 5.02 Å². The molecule has 0 unspecified atom stereocenters. The summed E-state index contributed by atoms with van der Waals surface area (Å²) in [5, 5.41) is 3.48. The summed E-state index contributed by atoms with van der Waals surface area (Å²) in [4.78, 5) is 12.0. The van der Waals surface area contributed by atoms with Crippen molar-refractivity contribution in [2.24, 2.45) is 0 Å². The smallest absolute Gasteiger partial charge is 0.228 e. The Morgan fingerprint density at radius 2 is 1.90 bits per heavy atom. The second-order valence-corrected chi connectivity index (χ2v) is 4.97. The first-order valence-corrected chi connectivity index (χ1v) is 6.65. The number of ether oxygens (including phenoxy) is 1. The van der Waals surface area contributed by atoms with Crippen LogP contribution in [-0.2, 0) is 11.2 Å². The molecule has 2 rings (SSSR count).